The third-order valence-electron chi connectivity index (χ3n) is 0.689. The maximum Gasteiger partial charge on any atom is 0.709 e. The Balaban J connectivity index is 3.70. The molecule has 6 nitrogen and oxygen atoms in total. The van der Waals surface area contributed by atoms with Crippen molar-refractivity contribution in [2.75, 3.05) is 12.5 Å². The highest BCUT2D eigenvalue weighted by atomic mass is 35.5. The Morgan fingerprint density at radius 2 is 1.92 bits per heavy atom. The van der Waals surface area contributed by atoms with Crippen molar-refractivity contribution in [2.24, 2.45) is 0 Å². The van der Waals surface area contributed by atoms with E-state index < -0.39 is 19.3 Å². The first kappa shape index (κ1) is 11.2. The van der Waals surface area contributed by atoms with Gasteiger partial charge >= 0.3 is 19.3 Å². The minimum Gasteiger partial charge on any atom is -0.476 e. The number of carbonyl (C=O) groups excluding carboxylic acids is 2. The van der Waals surface area contributed by atoms with Gasteiger partial charge in [0.25, 0.3) is 0 Å². The first-order chi connectivity index (χ1) is 5.57. The highest BCUT2D eigenvalue weighted by Crippen LogP contribution is 1.86. The summed E-state index contributed by atoms with van der Waals surface area (Å²) in [6, 6.07) is 0. The SMILES string of the molecule is O=C(OCCCl)C(=O)OB(O)O. The Kier molecular flexibility index (Phi) is 5.43. The zero-order valence-electron chi connectivity index (χ0n) is 5.90. The fourth-order valence-corrected chi connectivity index (χ4v) is 0.411. The van der Waals surface area contributed by atoms with Gasteiger partial charge in [0.2, 0.25) is 0 Å². The van der Waals surface area contributed by atoms with Crippen LogP contribution in [-0.4, -0.2) is 41.8 Å². The number of rotatable bonds is 3. The van der Waals surface area contributed by atoms with Crippen LogP contribution in [0.5, 0.6) is 0 Å². The molecule has 0 fully saturated rings. The quantitative estimate of drug-likeness (QED) is 0.241. The number of alkyl halides is 1. The van der Waals surface area contributed by atoms with Crippen molar-refractivity contribution in [1.82, 2.24) is 0 Å². The minimum atomic E-state index is -2.32. The number of hydrogen-bond acceptors (Lipinski definition) is 6. The van der Waals surface area contributed by atoms with E-state index in [2.05, 4.69) is 9.39 Å². The second-order valence-electron chi connectivity index (χ2n) is 1.56. The summed E-state index contributed by atoms with van der Waals surface area (Å²) in [4.78, 5) is 20.9. The highest BCUT2D eigenvalue weighted by molar-refractivity contribution is 6.43. The van der Waals surface area contributed by atoms with Crippen molar-refractivity contribution in [3.05, 3.63) is 0 Å². The van der Waals surface area contributed by atoms with E-state index in [0.717, 1.165) is 0 Å². The first-order valence-electron chi connectivity index (χ1n) is 2.87. The molecular weight excluding hydrogens is 190 g/mol. The van der Waals surface area contributed by atoms with Crippen LogP contribution in [0, 0.1) is 0 Å². The van der Waals surface area contributed by atoms with Crippen molar-refractivity contribution in [3.8, 4) is 0 Å². The number of ether oxygens (including phenoxy) is 1. The summed E-state index contributed by atoms with van der Waals surface area (Å²) in [5, 5.41) is 16.2. The molecule has 0 rings (SSSR count). The lowest BCUT2D eigenvalue weighted by Gasteiger charge is -2.01. The van der Waals surface area contributed by atoms with Crippen molar-refractivity contribution in [1.29, 1.82) is 0 Å². The summed E-state index contributed by atoms with van der Waals surface area (Å²) in [5.41, 5.74) is 0. The Labute approximate surface area is 73.2 Å². The fourth-order valence-electron chi connectivity index (χ4n) is 0.334. The molecule has 0 aromatic carbocycles. The lowest BCUT2D eigenvalue weighted by Crippen LogP contribution is -2.29. The normalized spacial score (nSPS) is 8.92. The van der Waals surface area contributed by atoms with Gasteiger partial charge in [-0.05, 0) is 0 Å². The van der Waals surface area contributed by atoms with Crippen LogP contribution in [0.4, 0.5) is 0 Å². The predicted octanol–water partition coefficient (Wildman–Crippen LogP) is -1.72. The van der Waals surface area contributed by atoms with Crippen LogP contribution in [0.15, 0.2) is 0 Å². The van der Waals surface area contributed by atoms with Crippen molar-refractivity contribution in [2.45, 2.75) is 0 Å². The second kappa shape index (κ2) is 5.81. The molecule has 68 valence electrons. The zero-order valence-corrected chi connectivity index (χ0v) is 6.65. The summed E-state index contributed by atoms with van der Waals surface area (Å²) in [6.07, 6.45) is 0. The molecule has 12 heavy (non-hydrogen) atoms. The van der Waals surface area contributed by atoms with E-state index in [1.807, 2.05) is 0 Å². The molecule has 0 aromatic rings. The topological polar surface area (TPSA) is 93.1 Å². The van der Waals surface area contributed by atoms with Gasteiger partial charge in [0.15, 0.2) is 0 Å². The van der Waals surface area contributed by atoms with Gasteiger partial charge in [-0.15, -0.1) is 11.6 Å². The van der Waals surface area contributed by atoms with E-state index in [1.54, 1.807) is 0 Å². The molecule has 8 heteroatoms. The Morgan fingerprint density at radius 1 is 1.33 bits per heavy atom. The monoisotopic (exact) mass is 196 g/mol. The molecule has 0 atom stereocenters. The summed E-state index contributed by atoms with van der Waals surface area (Å²) in [7, 11) is -2.32. The van der Waals surface area contributed by atoms with Gasteiger partial charge in [0.05, 0.1) is 5.88 Å². The van der Waals surface area contributed by atoms with E-state index in [1.165, 1.54) is 0 Å². The van der Waals surface area contributed by atoms with Gasteiger partial charge in [-0.1, -0.05) is 0 Å². The summed E-state index contributed by atoms with van der Waals surface area (Å²) in [6.45, 7) is -0.142. The van der Waals surface area contributed by atoms with Crippen LogP contribution in [0.1, 0.15) is 0 Å². The van der Waals surface area contributed by atoms with Gasteiger partial charge in [0, 0.05) is 0 Å². The predicted molar refractivity (Wildman–Crippen MR) is 38.0 cm³/mol. The van der Waals surface area contributed by atoms with Crippen LogP contribution < -0.4 is 0 Å². The maximum atomic E-state index is 10.5. The average Bonchev–Trinajstić information content (AvgIpc) is 1.98. The molecule has 0 spiro atoms. The van der Waals surface area contributed by atoms with Gasteiger partial charge in [-0.3, -0.25) is 0 Å². The third-order valence-corrected chi connectivity index (χ3v) is 0.844. The number of esters is 1. The minimum absolute atomic E-state index is 0.0424. The largest absolute Gasteiger partial charge is 0.709 e. The summed E-state index contributed by atoms with van der Waals surface area (Å²) < 4.78 is 7.85. The van der Waals surface area contributed by atoms with E-state index in [4.69, 9.17) is 21.6 Å². The van der Waals surface area contributed by atoms with Crippen LogP contribution in [-0.2, 0) is 19.0 Å². The molecule has 0 amide bonds. The molecule has 0 heterocycles. The van der Waals surface area contributed by atoms with E-state index in [0.29, 0.717) is 0 Å². The highest BCUT2D eigenvalue weighted by Gasteiger charge is 2.23. The number of halogens is 1. The third kappa shape index (κ3) is 4.94. The molecular formula is C4H6BClO6. The van der Waals surface area contributed by atoms with Gasteiger partial charge in [0.1, 0.15) is 6.61 Å². The fraction of sp³-hybridized carbons (Fsp3) is 0.500. The standard InChI is InChI=1S/C4H6BClO6/c6-1-2-11-3(7)4(8)12-5(9)10/h9-10H,1-2H2. The van der Waals surface area contributed by atoms with Crippen LogP contribution in [0.3, 0.4) is 0 Å². The number of hydrogen-bond donors (Lipinski definition) is 2. The maximum absolute atomic E-state index is 10.5. The van der Waals surface area contributed by atoms with Gasteiger partial charge in [-0.2, -0.15) is 0 Å². The van der Waals surface area contributed by atoms with Gasteiger partial charge in [-0.25, -0.2) is 9.59 Å². The molecule has 0 radical (unpaired) electrons. The molecule has 0 bridgehead atoms. The second-order valence-corrected chi connectivity index (χ2v) is 1.93. The lowest BCUT2D eigenvalue weighted by molar-refractivity contribution is -0.163. The van der Waals surface area contributed by atoms with Gasteiger partial charge < -0.3 is 19.4 Å². The lowest BCUT2D eigenvalue weighted by atomic mass is 10.3. The Hall–Kier alpha value is -0.785. The number of carbonyl (C=O) groups is 2. The molecule has 0 aliphatic heterocycles. The van der Waals surface area contributed by atoms with E-state index in [9.17, 15) is 9.59 Å². The average molecular weight is 196 g/mol. The molecule has 0 aromatic heterocycles. The summed E-state index contributed by atoms with van der Waals surface area (Å²) >= 11 is 5.13. The first-order valence-corrected chi connectivity index (χ1v) is 3.41. The molecule has 0 aliphatic carbocycles. The Bertz CT molecular complexity index is 171. The van der Waals surface area contributed by atoms with Crippen molar-refractivity contribution >= 4 is 30.9 Å². The van der Waals surface area contributed by atoms with Crippen molar-refractivity contribution < 1.29 is 29.0 Å². The molecule has 0 aliphatic rings. The Morgan fingerprint density at radius 3 is 2.33 bits per heavy atom. The van der Waals surface area contributed by atoms with Crippen molar-refractivity contribution in [3.63, 3.8) is 0 Å². The van der Waals surface area contributed by atoms with Crippen LogP contribution in [0.2, 0.25) is 0 Å². The molecule has 0 saturated carbocycles. The molecule has 2 N–H and O–H groups in total. The van der Waals surface area contributed by atoms with E-state index in [-0.39, 0.29) is 12.5 Å². The zero-order chi connectivity index (χ0) is 9.56. The molecule has 0 unspecified atom stereocenters. The molecule has 0 saturated heterocycles. The van der Waals surface area contributed by atoms with E-state index >= 15 is 0 Å². The van der Waals surface area contributed by atoms with Crippen LogP contribution in [0.25, 0.3) is 0 Å². The smallest absolute Gasteiger partial charge is 0.476 e. The summed E-state index contributed by atoms with van der Waals surface area (Å²) in [5.74, 6) is -2.75. The van der Waals surface area contributed by atoms with Crippen LogP contribution >= 0.6 is 11.6 Å².